The molecule has 0 aromatic carbocycles. The van der Waals surface area contributed by atoms with E-state index in [0.29, 0.717) is 12.1 Å². The second-order valence-corrected chi connectivity index (χ2v) is 2.30. The molecular weight excluding hydrogens is 161 g/mol. The van der Waals surface area contributed by atoms with Crippen molar-refractivity contribution in [3.63, 3.8) is 0 Å². The first-order chi connectivity index (χ1) is 5.65. The van der Waals surface area contributed by atoms with Gasteiger partial charge in [0, 0.05) is 5.69 Å². The van der Waals surface area contributed by atoms with Crippen LogP contribution in [0.1, 0.15) is 23.0 Å². The fourth-order valence-electron chi connectivity index (χ4n) is 0.828. The summed E-state index contributed by atoms with van der Waals surface area (Å²) in [5, 5.41) is 8.45. The highest BCUT2D eigenvalue weighted by atomic mass is 19.1. The van der Waals surface area contributed by atoms with Gasteiger partial charge in [-0.2, -0.15) is 4.39 Å². The van der Waals surface area contributed by atoms with Crippen LogP contribution >= 0.6 is 0 Å². The van der Waals surface area contributed by atoms with Crippen LogP contribution in [0.5, 0.6) is 0 Å². The number of hydrogen-bond donors (Lipinski definition) is 1. The molecule has 0 bridgehead atoms. The summed E-state index contributed by atoms with van der Waals surface area (Å²) < 4.78 is 12.8. The Labute approximate surface area is 68.9 Å². The predicted octanol–water partition coefficient (Wildman–Crippen LogP) is 1.48. The molecule has 3 nitrogen and oxygen atoms in total. The molecule has 0 amide bonds. The normalized spacial score (nSPS) is 9.83. The van der Waals surface area contributed by atoms with Crippen molar-refractivity contribution in [2.75, 3.05) is 0 Å². The van der Waals surface area contributed by atoms with Crippen LogP contribution in [-0.2, 0) is 6.42 Å². The van der Waals surface area contributed by atoms with Gasteiger partial charge in [-0.3, -0.25) is 0 Å². The number of carbonyl (C=O) groups is 1. The summed E-state index contributed by atoms with van der Waals surface area (Å²) in [6.07, 6.45) is 0.594. The molecule has 4 heteroatoms. The van der Waals surface area contributed by atoms with Gasteiger partial charge in [0.25, 0.3) is 0 Å². The van der Waals surface area contributed by atoms with Crippen molar-refractivity contribution in [1.82, 2.24) is 4.98 Å². The summed E-state index contributed by atoms with van der Waals surface area (Å²) in [7, 11) is 0. The summed E-state index contributed by atoms with van der Waals surface area (Å²) in [6.45, 7) is 1.82. The second kappa shape index (κ2) is 3.30. The van der Waals surface area contributed by atoms with Crippen molar-refractivity contribution in [3.05, 3.63) is 29.3 Å². The van der Waals surface area contributed by atoms with Gasteiger partial charge in [0.1, 0.15) is 5.56 Å². The Morgan fingerprint density at radius 1 is 1.67 bits per heavy atom. The molecule has 0 atom stereocenters. The molecule has 1 heterocycles. The number of aromatic nitrogens is 1. The van der Waals surface area contributed by atoms with E-state index in [1.807, 2.05) is 6.92 Å². The highest BCUT2D eigenvalue weighted by molar-refractivity contribution is 5.87. The summed E-state index contributed by atoms with van der Waals surface area (Å²) >= 11 is 0. The fourth-order valence-corrected chi connectivity index (χ4v) is 0.828. The van der Waals surface area contributed by atoms with E-state index in [0.717, 1.165) is 0 Å². The van der Waals surface area contributed by atoms with Crippen molar-refractivity contribution in [1.29, 1.82) is 0 Å². The summed E-state index contributed by atoms with van der Waals surface area (Å²) in [5.74, 6) is -2.20. The Balaban J connectivity index is 3.12. The lowest BCUT2D eigenvalue weighted by atomic mass is 10.2. The number of rotatable bonds is 2. The van der Waals surface area contributed by atoms with Crippen molar-refractivity contribution in [2.45, 2.75) is 13.3 Å². The molecule has 0 saturated heterocycles. The summed E-state index contributed by atoms with van der Waals surface area (Å²) in [4.78, 5) is 13.8. The van der Waals surface area contributed by atoms with E-state index in [2.05, 4.69) is 4.98 Å². The molecule has 1 N–H and O–H groups in total. The van der Waals surface area contributed by atoms with E-state index in [9.17, 15) is 9.18 Å². The van der Waals surface area contributed by atoms with E-state index in [1.54, 1.807) is 0 Å². The zero-order chi connectivity index (χ0) is 9.14. The SMILES string of the molecule is CCc1ccc(C(=O)O)c(F)n1. The molecule has 1 rings (SSSR count). The zero-order valence-electron chi connectivity index (χ0n) is 6.54. The number of nitrogens with zero attached hydrogens (tertiary/aromatic N) is 1. The Morgan fingerprint density at radius 3 is 2.75 bits per heavy atom. The molecule has 1 aromatic rings. The maximum absolute atomic E-state index is 12.8. The van der Waals surface area contributed by atoms with Crippen LogP contribution in [-0.4, -0.2) is 16.1 Å². The van der Waals surface area contributed by atoms with Crippen LogP contribution in [0.25, 0.3) is 0 Å². The highest BCUT2D eigenvalue weighted by Crippen LogP contribution is 2.06. The lowest BCUT2D eigenvalue weighted by Crippen LogP contribution is -2.03. The van der Waals surface area contributed by atoms with Crippen molar-refractivity contribution >= 4 is 5.97 Å². The second-order valence-electron chi connectivity index (χ2n) is 2.30. The van der Waals surface area contributed by atoms with E-state index in [1.165, 1.54) is 12.1 Å². The van der Waals surface area contributed by atoms with Gasteiger partial charge in [0.2, 0.25) is 5.95 Å². The minimum Gasteiger partial charge on any atom is -0.478 e. The molecular formula is C8H8FNO2. The number of carboxylic acid groups (broad SMARTS) is 1. The van der Waals surface area contributed by atoms with Gasteiger partial charge in [0.15, 0.2) is 0 Å². The Kier molecular flexibility index (Phi) is 2.38. The van der Waals surface area contributed by atoms with Gasteiger partial charge < -0.3 is 5.11 Å². The number of pyridine rings is 1. The van der Waals surface area contributed by atoms with E-state index >= 15 is 0 Å². The number of aryl methyl sites for hydroxylation is 1. The molecule has 0 aliphatic rings. The molecule has 0 radical (unpaired) electrons. The monoisotopic (exact) mass is 169 g/mol. The first-order valence-corrected chi connectivity index (χ1v) is 3.54. The van der Waals surface area contributed by atoms with Crippen molar-refractivity contribution in [3.8, 4) is 0 Å². The first-order valence-electron chi connectivity index (χ1n) is 3.54. The average Bonchev–Trinajstić information content (AvgIpc) is 2.03. The number of aromatic carboxylic acids is 1. The molecule has 0 spiro atoms. The van der Waals surface area contributed by atoms with Crippen LogP contribution in [0.15, 0.2) is 12.1 Å². The van der Waals surface area contributed by atoms with Crippen LogP contribution < -0.4 is 0 Å². The van der Waals surface area contributed by atoms with Gasteiger partial charge in [-0.25, -0.2) is 9.78 Å². The van der Waals surface area contributed by atoms with Gasteiger partial charge in [-0.1, -0.05) is 6.92 Å². The van der Waals surface area contributed by atoms with Gasteiger partial charge >= 0.3 is 5.97 Å². The van der Waals surface area contributed by atoms with Crippen LogP contribution in [0.3, 0.4) is 0 Å². The Hall–Kier alpha value is -1.45. The van der Waals surface area contributed by atoms with Crippen LogP contribution in [0.4, 0.5) is 4.39 Å². The van der Waals surface area contributed by atoms with Gasteiger partial charge in [-0.05, 0) is 18.6 Å². The molecule has 0 saturated carbocycles. The minimum absolute atomic E-state index is 0.382. The highest BCUT2D eigenvalue weighted by Gasteiger charge is 2.10. The third kappa shape index (κ3) is 1.58. The predicted molar refractivity (Wildman–Crippen MR) is 40.5 cm³/mol. The molecule has 64 valence electrons. The fraction of sp³-hybridized carbons (Fsp3) is 0.250. The topological polar surface area (TPSA) is 50.2 Å². The largest absolute Gasteiger partial charge is 0.478 e. The quantitative estimate of drug-likeness (QED) is 0.682. The molecule has 0 aliphatic heterocycles. The summed E-state index contributed by atoms with van der Waals surface area (Å²) in [6, 6.07) is 2.73. The zero-order valence-corrected chi connectivity index (χ0v) is 6.54. The van der Waals surface area contributed by atoms with Crippen molar-refractivity contribution < 1.29 is 14.3 Å². The number of hydrogen-bond acceptors (Lipinski definition) is 2. The lowest BCUT2D eigenvalue weighted by molar-refractivity contribution is 0.0690. The maximum Gasteiger partial charge on any atom is 0.340 e. The van der Waals surface area contributed by atoms with E-state index < -0.39 is 11.9 Å². The first kappa shape index (κ1) is 8.64. The summed E-state index contributed by atoms with van der Waals surface area (Å²) in [5.41, 5.74) is 0.171. The molecule has 0 aliphatic carbocycles. The molecule has 0 unspecified atom stereocenters. The Bertz CT molecular complexity index is 312. The van der Waals surface area contributed by atoms with Gasteiger partial charge in [0.05, 0.1) is 0 Å². The number of halogens is 1. The standard InChI is InChI=1S/C8H8FNO2/c1-2-5-3-4-6(8(11)12)7(9)10-5/h3-4H,2H2,1H3,(H,11,12). The molecule has 0 fully saturated rings. The molecule has 12 heavy (non-hydrogen) atoms. The van der Waals surface area contributed by atoms with E-state index in [4.69, 9.17) is 5.11 Å². The minimum atomic E-state index is -1.29. The lowest BCUT2D eigenvalue weighted by Gasteiger charge is -1.98. The van der Waals surface area contributed by atoms with Gasteiger partial charge in [-0.15, -0.1) is 0 Å². The van der Waals surface area contributed by atoms with E-state index in [-0.39, 0.29) is 5.56 Å². The average molecular weight is 169 g/mol. The third-order valence-electron chi connectivity index (χ3n) is 1.50. The maximum atomic E-state index is 12.8. The third-order valence-corrected chi connectivity index (χ3v) is 1.50. The van der Waals surface area contributed by atoms with Crippen LogP contribution in [0.2, 0.25) is 0 Å². The van der Waals surface area contributed by atoms with Crippen LogP contribution in [0, 0.1) is 5.95 Å². The van der Waals surface area contributed by atoms with Crippen molar-refractivity contribution in [2.24, 2.45) is 0 Å². The Morgan fingerprint density at radius 2 is 2.33 bits per heavy atom. The molecule has 1 aromatic heterocycles. The number of carboxylic acids is 1. The smallest absolute Gasteiger partial charge is 0.340 e.